The van der Waals surface area contributed by atoms with Crippen LogP contribution in [-0.2, 0) is 0 Å². The topological polar surface area (TPSA) is 0 Å². The average molecular weight is 148 g/mol. The van der Waals surface area contributed by atoms with Crippen molar-refractivity contribution in [2.45, 2.75) is 32.1 Å². The first-order valence-corrected chi connectivity index (χ1v) is 4.64. The molecule has 2 saturated carbocycles. The predicted molar refractivity (Wildman–Crippen MR) is 48.3 cm³/mol. The molecule has 11 heavy (non-hydrogen) atoms. The molecule has 0 aliphatic heterocycles. The number of fused-ring (bicyclic) bond motifs is 1. The SMILES string of the molecule is C=C1CCC(=C)C2CCCC12. The van der Waals surface area contributed by atoms with Gasteiger partial charge in [0.1, 0.15) is 0 Å². The van der Waals surface area contributed by atoms with Crippen molar-refractivity contribution in [3.8, 4) is 0 Å². The lowest BCUT2D eigenvalue weighted by atomic mass is 9.76. The van der Waals surface area contributed by atoms with Crippen molar-refractivity contribution >= 4 is 0 Å². The molecule has 2 unspecified atom stereocenters. The average Bonchev–Trinajstić information content (AvgIpc) is 2.45. The molecule has 0 bridgehead atoms. The van der Waals surface area contributed by atoms with Crippen molar-refractivity contribution in [2.24, 2.45) is 11.8 Å². The Kier molecular flexibility index (Phi) is 1.63. The van der Waals surface area contributed by atoms with Gasteiger partial charge in [-0.05, 0) is 37.5 Å². The molecule has 2 fully saturated rings. The molecule has 0 heterocycles. The molecule has 2 aliphatic carbocycles. The van der Waals surface area contributed by atoms with Crippen molar-refractivity contribution in [3.63, 3.8) is 0 Å². The molecule has 2 aliphatic rings. The molecule has 0 radical (unpaired) electrons. The van der Waals surface area contributed by atoms with Gasteiger partial charge in [-0.2, -0.15) is 0 Å². The third kappa shape index (κ3) is 1.05. The maximum atomic E-state index is 4.15. The zero-order valence-corrected chi connectivity index (χ0v) is 7.10. The highest BCUT2D eigenvalue weighted by Gasteiger charge is 2.33. The fourth-order valence-corrected chi connectivity index (χ4v) is 2.63. The Hall–Kier alpha value is -0.520. The maximum Gasteiger partial charge on any atom is -0.0140 e. The summed E-state index contributed by atoms with van der Waals surface area (Å²) in [5, 5.41) is 0. The molecule has 0 heteroatoms. The highest BCUT2D eigenvalue weighted by Crippen LogP contribution is 2.46. The second kappa shape index (κ2) is 2.51. The molecular weight excluding hydrogens is 132 g/mol. The Balaban J connectivity index is 2.20. The lowest BCUT2D eigenvalue weighted by molar-refractivity contribution is 0.442. The van der Waals surface area contributed by atoms with Crippen LogP contribution in [0.1, 0.15) is 32.1 Å². The van der Waals surface area contributed by atoms with Crippen molar-refractivity contribution < 1.29 is 0 Å². The number of allylic oxidation sites excluding steroid dienone is 2. The summed E-state index contributed by atoms with van der Waals surface area (Å²) in [5.74, 6) is 1.63. The molecular formula is C11H16. The Morgan fingerprint density at radius 3 is 1.82 bits per heavy atom. The first kappa shape index (κ1) is 7.15. The van der Waals surface area contributed by atoms with Crippen LogP contribution in [0.5, 0.6) is 0 Å². The van der Waals surface area contributed by atoms with E-state index in [1.54, 1.807) is 0 Å². The molecule has 0 aromatic heterocycles. The van der Waals surface area contributed by atoms with Crippen LogP contribution in [-0.4, -0.2) is 0 Å². The zero-order chi connectivity index (χ0) is 7.84. The van der Waals surface area contributed by atoms with Gasteiger partial charge in [0.2, 0.25) is 0 Å². The number of hydrogen-bond acceptors (Lipinski definition) is 0. The van der Waals surface area contributed by atoms with Crippen LogP contribution in [0.15, 0.2) is 24.3 Å². The standard InChI is InChI=1S/C11H16/c1-8-6-7-9(2)11-5-3-4-10(8)11/h10-11H,1-7H2. The molecule has 0 saturated heterocycles. The largest absolute Gasteiger partial charge is 0.0995 e. The summed E-state index contributed by atoms with van der Waals surface area (Å²) in [6.07, 6.45) is 6.57. The molecule has 2 atom stereocenters. The molecule has 0 aromatic carbocycles. The molecule has 0 amide bonds. The fraction of sp³-hybridized carbons (Fsp3) is 0.636. The highest BCUT2D eigenvalue weighted by atomic mass is 14.4. The summed E-state index contributed by atoms with van der Waals surface area (Å²) in [7, 11) is 0. The van der Waals surface area contributed by atoms with Crippen LogP contribution in [0.2, 0.25) is 0 Å². The van der Waals surface area contributed by atoms with E-state index >= 15 is 0 Å². The van der Waals surface area contributed by atoms with E-state index in [4.69, 9.17) is 0 Å². The lowest BCUT2D eigenvalue weighted by Crippen LogP contribution is -2.17. The van der Waals surface area contributed by atoms with Gasteiger partial charge in [0.05, 0.1) is 0 Å². The van der Waals surface area contributed by atoms with Crippen LogP contribution in [0, 0.1) is 11.8 Å². The van der Waals surface area contributed by atoms with E-state index in [9.17, 15) is 0 Å². The third-order valence-corrected chi connectivity index (χ3v) is 3.33. The van der Waals surface area contributed by atoms with E-state index in [1.807, 2.05) is 0 Å². The first-order chi connectivity index (χ1) is 5.29. The van der Waals surface area contributed by atoms with Gasteiger partial charge in [-0.1, -0.05) is 30.7 Å². The Bertz CT molecular complexity index is 178. The van der Waals surface area contributed by atoms with Gasteiger partial charge in [0.15, 0.2) is 0 Å². The minimum Gasteiger partial charge on any atom is -0.0995 e. The minimum absolute atomic E-state index is 0.816. The van der Waals surface area contributed by atoms with Gasteiger partial charge in [-0.15, -0.1) is 0 Å². The van der Waals surface area contributed by atoms with Gasteiger partial charge in [0, 0.05) is 0 Å². The van der Waals surface area contributed by atoms with E-state index in [0.717, 1.165) is 11.8 Å². The maximum absolute atomic E-state index is 4.15. The second-order valence-electron chi connectivity index (χ2n) is 3.96. The summed E-state index contributed by atoms with van der Waals surface area (Å²) in [6.45, 7) is 8.30. The summed E-state index contributed by atoms with van der Waals surface area (Å²) < 4.78 is 0. The molecule has 0 aromatic rings. The monoisotopic (exact) mass is 148 g/mol. The van der Waals surface area contributed by atoms with E-state index in [0.29, 0.717) is 0 Å². The molecule has 0 spiro atoms. The Morgan fingerprint density at radius 2 is 1.36 bits per heavy atom. The van der Waals surface area contributed by atoms with Gasteiger partial charge in [-0.3, -0.25) is 0 Å². The number of rotatable bonds is 0. The third-order valence-electron chi connectivity index (χ3n) is 3.33. The normalized spacial score (nSPS) is 37.5. The van der Waals surface area contributed by atoms with Gasteiger partial charge < -0.3 is 0 Å². The summed E-state index contributed by atoms with van der Waals surface area (Å²) in [6, 6.07) is 0. The van der Waals surface area contributed by atoms with Crippen LogP contribution >= 0.6 is 0 Å². The van der Waals surface area contributed by atoms with Gasteiger partial charge >= 0.3 is 0 Å². The smallest absolute Gasteiger partial charge is 0.0140 e. The van der Waals surface area contributed by atoms with Crippen LogP contribution in [0.25, 0.3) is 0 Å². The van der Waals surface area contributed by atoms with E-state index in [-0.39, 0.29) is 0 Å². The fourth-order valence-electron chi connectivity index (χ4n) is 2.63. The predicted octanol–water partition coefficient (Wildman–Crippen LogP) is 3.31. The summed E-state index contributed by atoms with van der Waals surface area (Å²) >= 11 is 0. The minimum atomic E-state index is 0.816. The van der Waals surface area contributed by atoms with Crippen LogP contribution < -0.4 is 0 Å². The second-order valence-corrected chi connectivity index (χ2v) is 3.96. The summed E-state index contributed by atoms with van der Waals surface area (Å²) in [4.78, 5) is 0. The van der Waals surface area contributed by atoms with Crippen molar-refractivity contribution in [3.05, 3.63) is 24.3 Å². The summed E-state index contributed by atoms with van der Waals surface area (Å²) in [5.41, 5.74) is 3.00. The van der Waals surface area contributed by atoms with Crippen LogP contribution in [0.4, 0.5) is 0 Å². The van der Waals surface area contributed by atoms with Crippen molar-refractivity contribution in [1.29, 1.82) is 0 Å². The van der Waals surface area contributed by atoms with Crippen LogP contribution in [0.3, 0.4) is 0 Å². The molecule has 0 N–H and O–H groups in total. The molecule has 0 nitrogen and oxygen atoms in total. The van der Waals surface area contributed by atoms with E-state index < -0.39 is 0 Å². The molecule has 2 rings (SSSR count). The van der Waals surface area contributed by atoms with Crippen molar-refractivity contribution in [1.82, 2.24) is 0 Å². The highest BCUT2D eigenvalue weighted by molar-refractivity contribution is 5.20. The zero-order valence-electron chi connectivity index (χ0n) is 7.10. The Labute approximate surface area is 69.0 Å². The lowest BCUT2D eigenvalue weighted by Gasteiger charge is -2.29. The van der Waals surface area contributed by atoms with Gasteiger partial charge in [0.25, 0.3) is 0 Å². The number of hydrogen-bond donors (Lipinski definition) is 0. The Morgan fingerprint density at radius 1 is 0.909 bits per heavy atom. The van der Waals surface area contributed by atoms with E-state index in [2.05, 4.69) is 13.2 Å². The van der Waals surface area contributed by atoms with E-state index in [1.165, 1.54) is 43.3 Å². The molecule has 60 valence electrons. The van der Waals surface area contributed by atoms with Gasteiger partial charge in [-0.25, -0.2) is 0 Å². The first-order valence-electron chi connectivity index (χ1n) is 4.64. The van der Waals surface area contributed by atoms with Crippen molar-refractivity contribution in [2.75, 3.05) is 0 Å². The quantitative estimate of drug-likeness (QED) is 0.462.